The summed E-state index contributed by atoms with van der Waals surface area (Å²) in [6.45, 7) is 10.3. The van der Waals surface area contributed by atoms with Crippen LogP contribution in [0.15, 0.2) is 12.1 Å². The summed E-state index contributed by atoms with van der Waals surface area (Å²) in [7, 11) is 1.64. The van der Waals surface area contributed by atoms with Crippen molar-refractivity contribution in [1.82, 2.24) is 4.98 Å². The minimum Gasteiger partial charge on any atom is -0.481 e. The van der Waals surface area contributed by atoms with Crippen LogP contribution >= 0.6 is 0 Å². The van der Waals surface area contributed by atoms with Crippen LogP contribution in [0.1, 0.15) is 44.9 Å². The van der Waals surface area contributed by atoms with E-state index in [0.717, 1.165) is 5.69 Å². The maximum absolute atomic E-state index is 5.05. The number of hydrogen-bond donors (Lipinski definition) is 0. The molecule has 0 unspecified atom stereocenters. The Bertz CT molecular complexity index is 269. The average Bonchev–Trinajstić information content (AvgIpc) is 2.21. The van der Waals surface area contributed by atoms with Crippen molar-refractivity contribution in [2.75, 3.05) is 7.11 Å². The van der Waals surface area contributed by atoms with E-state index in [-0.39, 0.29) is 0 Å². The van der Waals surface area contributed by atoms with E-state index in [4.69, 9.17) is 4.74 Å². The molecule has 14 heavy (non-hydrogen) atoms. The number of methoxy groups -OCH3 is 1. The molecule has 0 amide bonds. The van der Waals surface area contributed by atoms with Crippen molar-refractivity contribution in [2.24, 2.45) is 0 Å². The molecule has 1 aromatic heterocycles. The van der Waals surface area contributed by atoms with E-state index in [1.165, 1.54) is 5.56 Å². The van der Waals surface area contributed by atoms with Gasteiger partial charge in [0.25, 0.3) is 0 Å². The first kappa shape index (κ1) is 12.9. The van der Waals surface area contributed by atoms with E-state index in [9.17, 15) is 0 Å². The summed E-state index contributed by atoms with van der Waals surface area (Å²) >= 11 is 0. The van der Waals surface area contributed by atoms with Gasteiger partial charge in [-0.2, -0.15) is 0 Å². The third kappa shape index (κ3) is 3.36. The predicted molar refractivity (Wildman–Crippen MR) is 61.0 cm³/mol. The molecule has 0 saturated heterocycles. The fourth-order valence-electron chi connectivity index (χ4n) is 1.22. The van der Waals surface area contributed by atoms with Crippen molar-refractivity contribution in [1.29, 1.82) is 0 Å². The second kappa shape index (κ2) is 6.41. The van der Waals surface area contributed by atoms with Gasteiger partial charge in [0.05, 0.1) is 7.11 Å². The first-order valence-electron chi connectivity index (χ1n) is 5.16. The molecule has 0 radical (unpaired) electrons. The highest BCUT2D eigenvalue weighted by atomic mass is 16.5. The van der Waals surface area contributed by atoms with Crippen LogP contribution < -0.4 is 4.74 Å². The van der Waals surface area contributed by atoms with Crippen LogP contribution in [0.5, 0.6) is 5.88 Å². The van der Waals surface area contributed by atoms with E-state index < -0.39 is 0 Å². The lowest BCUT2D eigenvalue weighted by Crippen LogP contribution is -1.98. The Morgan fingerprint density at radius 1 is 1.21 bits per heavy atom. The zero-order chi connectivity index (χ0) is 11.1. The van der Waals surface area contributed by atoms with E-state index >= 15 is 0 Å². The molecule has 1 rings (SSSR count). The van der Waals surface area contributed by atoms with Crippen molar-refractivity contribution in [2.45, 2.75) is 40.5 Å². The number of pyridine rings is 1. The first-order chi connectivity index (χ1) is 6.65. The lowest BCUT2D eigenvalue weighted by Gasteiger charge is -2.09. The van der Waals surface area contributed by atoms with Crippen molar-refractivity contribution >= 4 is 0 Å². The third-order valence-electron chi connectivity index (χ3n) is 1.87. The van der Waals surface area contributed by atoms with E-state index in [1.807, 2.05) is 26.0 Å². The van der Waals surface area contributed by atoms with Gasteiger partial charge < -0.3 is 4.74 Å². The molecule has 1 heterocycles. The highest BCUT2D eigenvalue weighted by molar-refractivity contribution is 5.26. The van der Waals surface area contributed by atoms with Gasteiger partial charge in [-0.25, -0.2) is 4.98 Å². The van der Waals surface area contributed by atoms with Crippen LogP contribution in [0, 0.1) is 6.92 Å². The van der Waals surface area contributed by atoms with Crippen molar-refractivity contribution in [3.8, 4) is 5.88 Å². The smallest absolute Gasteiger partial charge is 0.213 e. The summed E-state index contributed by atoms with van der Waals surface area (Å²) in [5.74, 6) is 1.16. The molecule has 0 atom stereocenters. The van der Waals surface area contributed by atoms with Crippen LogP contribution in [0.2, 0.25) is 0 Å². The molecule has 0 aliphatic carbocycles. The lowest BCUT2D eigenvalue weighted by molar-refractivity contribution is 0.395. The van der Waals surface area contributed by atoms with E-state index in [2.05, 4.69) is 25.8 Å². The molecule has 0 fully saturated rings. The second-order valence-corrected chi connectivity index (χ2v) is 3.21. The van der Waals surface area contributed by atoms with Gasteiger partial charge in [0.15, 0.2) is 0 Å². The van der Waals surface area contributed by atoms with Crippen LogP contribution in [0.25, 0.3) is 0 Å². The Hall–Kier alpha value is -1.05. The van der Waals surface area contributed by atoms with Gasteiger partial charge in [-0.15, -0.1) is 0 Å². The van der Waals surface area contributed by atoms with E-state index in [1.54, 1.807) is 7.11 Å². The minimum atomic E-state index is 0.458. The maximum atomic E-state index is 5.05. The fraction of sp³-hybridized carbons (Fsp3) is 0.583. The SMILES string of the molecule is CC.COc1ccc(C)c(C(C)C)n1. The van der Waals surface area contributed by atoms with Gasteiger partial charge >= 0.3 is 0 Å². The quantitative estimate of drug-likeness (QED) is 0.720. The van der Waals surface area contributed by atoms with Crippen molar-refractivity contribution in [3.63, 3.8) is 0 Å². The molecule has 0 aliphatic heterocycles. The number of rotatable bonds is 2. The molecule has 0 N–H and O–H groups in total. The topological polar surface area (TPSA) is 22.1 Å². The van der Waals surface area contributed by atoms with Crippen molar-refractivity contribution in [3.05, 3.63) is 23.4 Å². The van der Waals surface area contributed by atoms with Crippen LogP contribution in [0.4, 0.5) is 0 Å². The Labute approximate surface area is 87.3 Å². The normalized spacial score (nSPS) is 9.36. The predicted octanol–water partition coefficient (Wildman–Crippen LogP) is 3.55. The molecule has 80 valence electrons. The zero-order valence-electron chi connectivity index (χ0n) is 10.1. The summed E-state index contributed by atoms with van der Waals surface area (Å²) < 4.78 is 5.05. The summed E-state index contributed by atoms with van der Waals surface area (Å²) in [6, 6.07) is 3.93. The largest absolute Gasteiger partial charge is 0.481 e. The number of nitrogens with zero attached hydrogens (tertiary/aromatic N) is 1. The van der Waals surface area contributed by atoms with E-state index in [0.29, 0.717) is 11.8 Å². The molecule has 2 heteroatoms. The molecular formula is C12H21NO. The standard InChI is InChI=1S/C10H15NO.C2H6/c1-7(2)10-8(3)5-6-9(11-10)12-4;1-2/h5-7H,1-4H3;1-2H3. The fourth-order valence-corrected chi connectivity index (χ4v) is 1.22. The average molecular weight is 195 g/mol. The molecule has 0 spiro atoms. The van der Waals surface area contributed by atoms with Gasteiger partial charge in [-0.3, -0.25) is 0 Å². The number of aryl methyl sites for hydroxylation is 1. The Morgan fingerprint density at radius 3 is 2.21 bits per heavy atom. The van der Waals surface area contributed by atoms with Gasteiger partial charge in [0.1, 0.15) is 0 Å². The van der Waals surface area contributed by atoms with Crippen LogP contribution in [-0.2, 0) is 0 Å². The Morgan fingerprint density at radius 2 is 1.79 bits per heavy atom. The monoisotopic (exact) mass is 195 g/mol. The Kier molecular flexibility index (Phi) is 5.93. The van der Waals surface area contributed by atoms with Crippen LogP contribution in [-0.4, -0.2) is 12.1 Å². The summed E-state index contributed by atoms with van der Waals surface area (Å²) in [5, 5.41) is 0. The molecule has 1 aromatic rings. The van der Waals surface area contributed by atoms with Gasteiger partial charge in [0, 0.05) is 11.8 Å². The summed E-state index contributed by atoms with van der Waals surface area (Å²) in [5.41, 5.74) is 2.35. The molecule has 0 bridgehead atoms. The highest BCUT2D eigenvalue weighted by Gasteiger charge is 2.05. The van der Waals surface area contributed by atoms with Gasteiger partial charge in [-0.05, 0) is 18.4 Å². The molecule has 2 nitrogen and oxygen atoms in total. The Balaban J connectivity index is 0.000000791. The highest BCUT2D eigenvalue weighted by Crippen LogP contribution is 2.19. The van der Waals surface area contributed by atoms with Crippen LogP contribution in [0.3, 0.4) is 0 Å². The number of hydrogen-bond acceptors (Lipinski definition) is 2. The minimum absolute atomic E-state index is 0.458. The summed E-state index contributed by atoms with van der Waals surface area (Å²) in [4.78, 5) is 4.37. The lowest BCUT2D eigenvalue weighted by atomic mass is 10.1. The summed E-state index contributed by atoms with van der Waals surface area (Å²) in [6.07, 6.45) is 0. The molecule has 0 aromatic carbocycles. The number of ether oxygens (including phenoxy) is 1. The molecular weight excluding hydrogens is 174 g/mol. The van der Waals surface area contributed by atoms with Gasteiger partial charge in [-0.1, -0.05) is 33.8 Å². The second-order valence-electron chi connectivity index (χ2n) is 3.21. The van der Waals surface area contributed by atoms with Crippen molar-refractivity contribution < 1.29 is 4.74 Å². The first-order valence-corrected chi connectivity index (χ1v) is 5.16. The zero-order valence-corrected chi connectivity index (χ0v) is 10.1. The maximum Gasteiger partial charge on any atom is 0.213 e. The third-order valence-corrected chi connectivity index (χ3v) is 1.87. The molecule has 0 saturated carbocycles. The number of aromatic nitrogens is 1. The van der Waals surface area contributed by atoms with Gasteiger partial charge in [0.2, 0.25) is 5.88 Å². The molecule has 0 aliphatic rings.